The number of hydrogen-bond donors (Lipinski definition) is 1. The van der Waals surface area contributed by atoms with E-state index in [9.17, 15) is 0 Å². The Balaban J connectivity index is 1.75. The summed E-state index contributed by atoms with van der Waals surface area (Å²) in [6.07, 6.45) is 5.82. The number of fused-ring (bicyclic) bond motifs is 1. The molecule has 0 spiro atoms. The van der Waals surface area contributed by atoms with Crippen molar-refractivity contribution >= 4 is 23.0 Å². The number of pyridine rings is 1. The van der Waals surface area contributed by atoms with Crippen molar-refractivity contribution in [3.8, 4) is 0 Å². The van der Waals surface area contributed by atoms with Crippen LogP contribution in [0.4, 0.5) is 5.82 Å². The number of nitrogens with zero attached hydrogens (tertiary/aromatic N) is 3. The molecule has 0 radical (unpaired) electrons. The van der Waals surface area contributed by atoms with Crippen molar-refractivity contribution in [3.05, 3.63) is 23.9 Å². The molecule has 102 valence electrons. The molecule has 1 aromatic rings. The fourth-order valence-corrected chi connectivity index (χ4v) is 3.24. The largest absolute Gasteiger partial charge is 0.389 e. The first-order valence-corrected chi connectivity index (χ1v) is 7.40. The Hall–Kier alpha value is -1.20. The van der Waals surface area contributed by atoms with Gasteiger partial charge in [-0.25, -0.2) is 4.98 Å². The maximum absolute atomic E-state index is 5.70. The summed E-state index contributed by atoms with van der Waals surface area (Å²) in [4.78, 5) is 9.91. The van der Waals surface area contributed by atoms with Gasteiger partial charge in [0, 0.05) is 37.4 Å². The first-order chi connectivity index (χ1) is 9.24. The Morgan fingerprint density at radius 1 is 1.32 bits per heavy atom. The molecule has 5 heteroatoms. The number of thiocarbonyl (C=S) groups is 1. The number of piperazine rings is 1. The Kier molecular flexibility index (Phi) is 3.66. The van der Waals surface area contributed by atoms with Crippen LogP contribution in [0.15, 0.2) is 18.3 Å². The fraction of sp³-hybridized carbons (Fsp3) is 0.571. The lowest BCUT2D eigenvalue weighted by molar-refractivity contribution is 0.133. The molecule has 1 atom stereocenters. The lowest BCUT2D eigenvalue weighted by atomic mass is 9.99. The summed E-state index contributed by atoms with van der Waals surface area (Å²) in [5.74, 6) is 1.01. The van der Waals surface area contributed by atoms with E-state index >= 15 is 0 Å². The van der Waals surface area contributed by atoms with E-state index in [0.29, 0.717) is 11.0 Å². The summed E-state index contributed by atoms with van der Waals surface area (Å²) in [6, 6.07) is 4.58. The number of nitrogens with two attached hydrogens (primary N) is 1. The molecular weight excluding hydrogens is 256 g/mol. The molecule has 0 saturated carbocycles. The summed E-state index contributed by atoms with van der Waals surface area (Å²) in [7, 11) is 0. The topological polar surface area (TPSA) is 45.4 Å². The van der Waals surface area contributed by atoms with E-state index in [1.54, 1.807) is 6.20 Å². The molecule has 0 amide bonds. The van der Waals surface area contributed by atoms with Gasteiger partial charge >= 0.3 is 0 Å². The molecule has 2 saturated heterocycles. The summed E-state index contributed by atoms with van der Waals surface area (Å²) < 4.78 is 0. The Labute approximate surface area is 119 Å². The van der Waals surface area contributed by atoms with E-state index in [0.717, 1.165) is 31.0 Å². The Morgan fingerprint density at radius 2 is 2.21 bits per heavy atom. The number of aromatic nitrogens is 1. The average molecular weight is 276 g/mol. The van der Waals surface area contributed by atoms with E-state index in [2.05, 4.69) is 14.8 Å². The highest BCUT2D eigenvalue weighted by Crippen LogP contribution is 2.24. The zero-order valence-electron chi connectivity index (χ0n) is 11.1. The molecule has 1 aromatic heterocycles. The first kappa shape index (κ1) is 12.8. The van der Waals surface area contributed by atoms with Crippen molar-refractivity contribution in [2.45, 2.75) is 25.3 Å². The molecule has 0 aromatic carbocycles. The highest BCUT2D eigenvalue weighted by molar-refractivity contribution is 7.80. The summed E-state index contributed by atoms with van der Waals surface area (Å²) in [5, 5.41) is 0. The molecule has 0 aliphatic carbocycles. The summed E-state index contributed by atoms with van der Waals surface area (Å²) >= 11 is 5.04. The molecule has 3 heterocycles. The van der Waals surface area contributed by atoms with Crippen LogP contribution in [-0.2, 0) is 0 Å². The fourth-order valence-electron chi connectivity index (χ4n) is 3.11. The van der Waals surface area contributed by atoms with Gasteiger partial charge in [-0.3, -0.25) is 4.90 Å². The smallest absolute Gasteiger partial charge is 0.129 e. The van der Waals surface area contributed by atoms with Crippen molar-refractivity contribution in [2.24, 2.45) is 5.73 Å². The van der Waals surface area contributed by atoms with Crippen LogP contribution in [-0.4, -0.2) is 47.1 Å². The van der Waals surface area contributed by atoms with Crippen molar-refractivity contribution in [1.29, 1.82) is 0 Å². The molecule has 2 aliphatic heterocycles. The minimum absolute atomic E-state index is 0.444. The van der Waals surface area contributed by atoms with Gasteiger partial charge in [-0.1, -0.05) is 18.6 Å². The maximum atomic E-state index is 5.70. The number of anilines is 1. The summed E-state index contributed by atoms with van der Waals surface area (Å²) in [6.45, 7) is 4.53. The minimum atomic E-state index is 0.444. The van der Waals surface area contributed by atoms with E-state index in [-0.39, 0.29) is 0 Å². The van der Waals surface area contributed by atoms with Crippen molar-refractivity contribution in [2.75, 3.05) is 31.1 Å². The van der Waals surface area contributed by atoms with Gasteiger partial charge in [0.1, 0.15) is 10.8 Å². The Bertz CT molecular complexity index is 476. The lowest BCUT2D eigenvalue weighted by Gasteiger charge is -2.44. The number of piperidine rings is 1. The highest BCUT2D eigenvalue weighted by atomic mass is 32.1. The molecular formula is C14H20N4S. The molecule has 2 aliphatic rings. The average Bonchev–Trinajstić information content (AvgIpc) is 2.47. The van der Waals surface area contributed by atoms with Gasteiger partial charge in [0.15, 0.2) is 0 Å². The van der Waals surface area contributed by atoms with Gasteiger partial charge in [-0.15, -0.1) is 0 Å². The van der Waals surface area contributed by atoms with Crippen LogP contribution < -0.4 is 10.6 Å². The van der Waals surface area contributed by atoms with E-state index < -0.39 is 0 Å². The molecule has 0 bridgehead atoms. The van der Waals surface area contributed by atoms with Crippen LogP contribution in [0.1, 0.15) is 24.8 Å². The van der Waals surface area contributed by atoms with Crippen molar-refractivity contribution in [3.63, 3.8) is 0 Å². The van der Waals surface area contributed by atoms with E-state index in [4.69, 9.17) is 18.0 Å². The minimum Gasteiger partial charge on any atom is -0.389 e. The van der Waals surface area contributed by atoms with Gasteiger partial charge in [0.2, 0.25) is 0 Å². The first-order valence-electron chi connectivity index (χ1n) is 6.99. The predicted octanol–water partition coefficient (Wildman–Crippen LogP) is 1.39. The van der Waals surface area contributed by atoms with Gasteiger partial charge in [0.25, 0.3) is 0 Å². The van der Waals surface area contributed by atoms with Crippen LogP contribution in [0.25, 0.3) is 0 Å². The van der Waals surface area contributed by atoms with Gasteiger partial charge in [-0.2, -0.15) is 0 Å². The molecule has 1 unspecified atom stereocenters. The van der Waals surface area contributed by atoms with Crippen molar-refractivity contribution < 1.29 is 0 Å². The Morgan fingerprint density at radius 3 is 3.05 bits per heavy atom. The quantitative estimate of drug-likeness (QED) is 0.827. The van der Waals surface area contributed by atoms with Gasteiger partial charge in [0.05, 0.1) is 0 Å². The molecule has 4 nitrogen and oxygen atoms in total. The van der Waals surface area contributed by atoms with E-state index in [1.807, 2.05) is 12.1 Å². The van der Waals surface area contributed by atoms with Crippen molar-refractivity contribution in [1.82, 2.24) is 9.88 Å². The number of rotatable bonds is 2. The SMILES string of the molecule is NC(=S)c1ccnc(N2CCN3CCCCC3C2)c1. The highest BCUT2D eigenvalue weighted by Gasteiger charge is 2.29. The third-order valence-corrected chi connectivity index (χ3v) is 4.43. The van der Waals surface area contributed by atoms with Gasteiger partial charge in [-0.05, 0) is 31.5 Å². The number of hydrogen-bond acceptors (Lipinski definition) is 4. The van der Waals surface area contributed by atoms with Crippen LogP contribution in [0.2, 0.25) is 0 Å². The maximum Gasteiger partial charge on any atom is 0.129 e. The second-order valence-corrected chi connectivity index (χ2v) is 5.84. The standard InChI is InChI=1S/C14H20N4S/c15-14(19)11-4-5-16-13(9-11)18-8-7-17-6-2-1-3-12(17)10-18/h4-5,9,12H,1-3,6-8,10H2,(H2,15,19). The van der Waals surface area contributed by atoms with Crippen LogP contribution in [0, 0.1) is 0 Å². The van der Waals surface area contributed by atoms with Crippen LogP contribution in [0.5, 0.6) is 0 Å². The van der Waals surface area contributed by atoms with Crippen LogP contribution >= 0.6 is 12.2 Å². The van der Waals surface area contributed by atoms with Gasteiger partial charge < -0.3 is 10.6 Å². The predicted molar refractivity (Wildman–Crippen MR) is 81.5 cm³/mol. The second-order valence-electron chi connectivity index (χ2n) is 5.40. The zero-order valence-corrected chi connectivity index (χ0v) is 11.9. The zero-order chi connectivity index (χ0) is 13.2. The molecule has 2 fully saturated rings. The van der Waals surface area contributed by atoms with Crippen LogP contribution in [0.3, 0.4) is 0 Å². The molecule has 3 rings (SSSR count). The third kappa shape index (κ3) is 2.72. The third-order valence-electron chi connectivity index (χ3n) is 4.19. The van der Waals surface area contributed by atoms with E-state index in [1.165, 1.54) is 25.8 Å². The normalized spacial score (nSPS) is 24.0. The summed E-state index contributed by atoms with van der Waals surface area (Å²) in [5.41, 5.74) is 6.60. The monoisotopic (exact) mass is 276 g/mol. The second kappa shape index (κ2) is 5.43. The molecule has 2 N–H and O–H groups in total. The lowest BCUT2D eigenvalue weighted by Crippen LogP contribution is -2.55. The molecule has 19 heavy (non-hydrogen) atoms.